The van der Waals surface area contributed by atoms with Crippen LogP contribution in [0.1, 0.15) is 35.6 Å². The molecular weight excluding hydrogens is 214 g/mol. The number of hydrogen-bond acceptors (Lipinski definition) is 3. The lowest BCUT2D eigenvalue weighted by Crippen LogP contribution is -2.14. The first kappa shape index (κ1) is 14.0. The topological polar surface area (TPSA) is 44.5 Å². The molecule has 96 valence electrons. The maximum atomic E-state index is 6.23. The zero-order chi connectivity index (χ0) is 12.8. The van der Waals surface area contributed by atoms with Gasteiger partial charge in [0, 0.05) is 25.3 Å². The molecule has 1 rings (SSSR count). The van der Waals surface area contributed by atoms with E-state index < -0.39 is 0 Å². The van der Waals surface area contributed by atoms with E-state index in [-0.39, 0.29) is 6.04 Å². The molecule has 0 saturated carbocycles. The van der Waals surface area contributed by atoms with Gasteiger partial charge in [0.15, 0.2) is 0 Å². The van der Waals surface area contributed by atoms with Crippen LogP contribution in [-0.2, 0) is 4.74 Å². The number of ether oxygens (including phenoxy) is 2. The average molecular weight is 237 g/mol. The minimum Gasteiger partial charge on any atom is -0.496 e. The van der Waals surface area contributed by atoms with Gasteiger partial charge < -0.3 is 15.2 Å². The highest BCUT2D eigenvalue weighted by Crippen LogP contribution is 2.30. The monoisotopic (exact) mass is 237 g/mol. The van der Waals surface area contributed by atoms with E-state index in [4.69, 9.17) is 15.2 Å². The first-order valence-corrected chi connectivity index (χ1v) is 5.99. The van der Waals surface area contributed by atoms with Gasteiger partial charge in [-0.15, -0.1) is 0 Å². The molecule has 0 radical (unpaired) electrons. The summed E-state index contributed by atoms with van der Waals surface area (Å²) >= 11 is 0. The second kappa shape index (κ2) is 6.62. The van der Waals surface area contributed by atoms with Crippen molar-refractivity contribution in [2.45, 2.75) is 32.7 Å². The summed E-state index contributed by atoms with van der Waals surface area (Å²) in [5.74, 6) is 0.896. The molecule has 0 spiro atoms. The largest absolute Gasteiger partial charge is 0.496 e. The van der Waals surface area contributed by atoms with Gasteiger partial charge in [0.2, 0.25) is 0 Å². The Bertz CT molecular complexity index is 363. The predicted molar refractivity (Wildman–Crippen MR) is 70.5 cm³/mol. The van der Waals surface area contributed by atoms with Gasteiger partial charge in [0.1, 0.15) is 5.75 Å². The molecule has 0 bridgehead atoms. The van der Waals surface area contributed by atoms with Crippen molar-refractivity contribution in [2.75, 3.05) is 20.8 Å². The van der Waals surface area contributed by atoms with Crippen LogP contribution in [0.5, 0.6) is 5.75 Å². The van der Waals surface area contributed by atoms with Crippen LogP contribution in [0.15, 0.2) is 12.1 Å². The zero-order valence-electron chi connectivity index (χ0n) is 11.2. The summed E-state index contributed by atoms with van der Waals surface area (Å²) in [6, 6.07) is 4.20. The molecule has 0 aliphatic rings. The van der Waals surface area contributed by atoms with E-state index in [9.17, 15) is 0 Å². The molecule has 0 amide bonds. The highest BCUT2D eigenvalue weighted by atomic mass is 16.5. The van der Waals surface area contributed by atoms with Crippen LogP contribution in [0.25, 0.3) is 0 Å². The molecule has 2 N–H and O–H groups in total. The molecule has 1 unspecified atom stereocenters. The summed E-state index contributed by atoms with van der Waals surface area (Å²) in [6.07, 6.45) is 1.88. The van der Waals surface area contributed by atoms with Gasteiger partial charge in [-0.1, -0.05) is 6.07 Å². The molecule has 0 aromatic heterocycles. The second-order valence-corrected chi connectivity index (χ2v) is 4.44. The summed E-state index contributed by atoms with van der Waals surface area (Å²) < 4.78 is 10.5. The Morgan fingerprint density at radius 3 is 2.53 bits per heavy atom. The molecule has 1 aromatic rings. The Balaban J connectivity index is 2.87. The van der Waals surface area contributed by atoms with Crippen molar-refractivity contribution in [1.82, 2.24) is 0 Å². The maximum Gasteiger partial charge on any atom is 0.124 e. The maximum absolute atomic E-state index is 6.23. The van der Waals surface area contributed by atoms with Gasteiger partial charge in [-0.25, -0.2) is 0 Å². The molecule has 0 fully saturated rings. The number of nitrogens with two attached hydrogens (primary N) is 1. The molecule has 3 nitrogen and oxygen atoms in total. The fourth-order valence-electron chi connectivity index (χ4n) is 2.18. The van der Waals surface area contributed by atoms with E-state index >= 15 is 0 Å². The summed E-state index contributed by atoms with van der Waals surface area (Å²) in [5, 5.41) is 0. The summed E-state index contributed by atoms with van der Waals surface area (Å²) in [7, 11) is 3.41. The lowest BCUT2D eigenvalue weighted by Gasteiger charge is -2.19. The van der Waals surface area contributed by atoms with Crippen molar-refractivity contribution in [2.24, 2.45) is 5.73 Å². The normalized spacial score (nSPS) is 12.5. The Morgan fingerprint density at radius 1 is 1.24 bits per heavy atom. The third kappa shape index (κ3) is 3.72. The minimum atomic E-state index is 0.0145. The molecule has 0 saturated heterocycles. The van der Waals surface area contributed by atoms with Crippen molar-refractivity contribution < 1.29 is 9.47 Å². The number of hydrogen-bond donors (Lipinski definition) is 1. The zero-order valence-corrected chi connectivity index (χ0v) is 11.2. The third-order valence-electron chi connectivity index (χ3n) is 2.95. The lowest BCUT2D eigenvalue weighted by atomic mass is 9.95. The van der Waals surface area contributed by atoms with E-state index in [0.717, 1.165) is 30.8 Å². The van der Waals surface area contributed by atoms with E-state index in [1.165, 1.54) is 11.1 Å². The third-order valence-corrected chi connectivity index (χ3v) is 2.95. The smallest absolute Gasteiger partial charge is 0.124 e. The van der Waals surface area contributed by atoms with Crippen LogP contribution >= 0.6 is 0 Å². The van der Waals surface area contributed by atoms with Crippen LogP contribution in [-0.4, -0.2) is 20.8 Å². The molecule has 0 aliphatic heterocycles. The number of benzene rings is 1. The number of rotatable bonds is 6. The van der Waals surface area contributed by atoms with Gasteiger partial charge in [0.25, 0.3) is 0 Å². The first-order chi connectivity index (χ1) is 8.10. The van der Waals surface area contributed by atoms with Crippen molar-refractivity contribution in [1.29, 1.82) is 0 Å². The fourth-order valence-corrected chi connectivity index (χ4v) is 2.18. The van der Waals surface area contributed by atoms with E-state index in [1.54, 1.807) is 14.2 Å². The molecule has 3 heteroatoms. The SMILES string of the molecule is COCCCC(N)c1c(C)cc(C)cc1OC. The van der Waals surface area contributed by atoms with Crippen molar-refractivity contribution in [3.63, 3.8) is 0 Å². The Labute approximate surface area is 104 Å². The summed E-state index contributed by atoms with van der Waals surface area (Å²) in [6.45, 7) is 4.90. The van der Waals surface area contributed by atoms with Crippen LogP contribution in [0.3, 0.4) is 0 Å². The number of aryl methyl sites for hydroxylation is 2. The van der Waals surface area contributed by atoms with Crippen LogP contribution < -0.4 is 10.5 Å². The first-order valence-electron chi connectivity index (χ1n) is 5.99. The van der Waals surface area contributed by atoms with E-state index in [2.05, 4.69) is 19.9 Å². The highest BCUT2D eigenvalue weighted by molar-refractivity contribution is 5.44. The van der Waals surface area contributed by atoms with E-state index in [0.29, 0.717) is 0 Å². The average Bonchev–Trinajstić information content (AvgIpc) is 2.27. The molecule has 1 aromatic carbocycles. The minimum absolute atomic E-state index is 0.0145. The lowest BCUT2D eigenvalue weighted by molar-refractivity contribution is 0.190. The molecule has 0 aliphatic carbocycles. The molecular formula is C14H23NO2. The van der Waals surface area contributed by atoms with Crippen molar-refractivity contribution >= 4 is 0 Å². The standard InChI is InChI=1S/C14H23NO2/c1-10-8-11(2)14(13(9-10)17-4)12(15)6-5-7-16-3/h8-9,12H,5-7,15H2,1-4H3. The van der Waals surface area contributed by atoms with Gasteiger partial charge in [-0.05, 0) is 43.9 Å². The highest BCUT2D eigenvalue weighted by Gasteiger charge is 2.15. The second-order valence-electron chi connectivity index (χ2n) is 4.44. The van der Waals surface area contributed by atoms with Crippen molar-refractivity contribution in [3.8, 4) is 5.75 Å². The summed E-state index contributed by atoms with van der Waals surface area (Å²) in [5.41, 5.74) is 9.75. The number of methoxy groups -OCH3 is 2. The molecule has 17 heavy (non-hydrogen) atoms. The van der Waals surface area contributed by atoms with Crippen LogP contribution in [0.4, 0.5) is 0 Å². The van der Waals surface area contributed by atoms with Gasteiger partial charge >= 0.3 is 0 Å². The van der Waals surface area contributed by atoms with Gasteiger partial charge in [0.05, 0.1) is 7.11 Å². The Kier molecular flexibility index (Phi) is 5.45. The molecule has 0 heterocycles. The predicted octanol–water partition coefficient (Wildman–Crippen LogP) is 2.74. The van der Waals surface area contributed by atoms with Crippen LogP contribution in [0.2, 0.25) is 0 Å². The fraction of sp³-hybridized carbons (Fsp3) is 0.571. The quantitative estimate of drug-likeness (QED) is 0.774. The molecule has 1 atom stereocenters. The van der Waals surface area contributed by atoms with Gasteiger partial charge in [-0.2, -0.15) is 0 Å². The Hall–Kier alpha value is -1.06. The Morgan fingerprint density at radius 2 is 1.94 bits per heavy atom. The van der Waals surface area contributed by atoms with Crippen LogP contribution in [0, 0.1) is 13.8 Å². The summed E-state index contributed by atoms with van der Waals surface area (Å²) in [4.78, 5) is 0. The van der Waals surface area contributed by atoms with E-state index in [1.807, 2.05) is 6.07 Å². The van der Waals surface area contributed by atoms with Crippen molar-refractivity contribution in [3.05, 3.63) is 28.8 Å². The van der Waals surface area contributed by atoms with Gasteiger partial charge in [-0.3, -0.25) is 0 Å².